The van der Waals surface area contributed by atoms with Gasteiger partial charge in [-0.25, -0.2) is 4.98 Å². The van der Waals surface area contributed by atoms with Gasteiger partial charge in [0.05, 0.1) is 18.7 Å². The van der Waals surface area contributed by atoms with Crippen molar-refractivity contribution in [2.75, 3.05) is 31.8 Å². The highest BCUT2D eigenvalue weighted by Crippen LogP contribution is 2.25. The molecule has 1 aromatic carbocycles. The Morgan fingerprint density at radius 2 is 2.11 bits per heavy atom. The Morgan fingerprint density at radius 1 is 1.30 bits per heavy atom. The number of methoxy groups -OCH3 is 1. The maximum atomic E-state index is 12.2. The van der Waals surface area contributed by atoms with E-state index in [2.05, 4.69) is 10.3 Å². The van der Waals surface area contributed by atoms with Gasteiger partial charge in [0.1, 0.15) is 12.4 Å². The lowest BCUT2D eigenvalue weighted by molar-refractivity contribution is -0.120. The van der Waals surface area contributed by atoms with E-state index < -0.39 is 0 Å². The van der Waals surface area contributed by atoms with Crippen LogP contribution in [0.2, 0.25) is 0 Å². The van der Waals surface area contributed by atoms with Gasteiger partial charge in [0.15, 0.2) is 5.13 Å². The molecule has 1 saturated heterocycles. The van der Waals surface area contributed by atoms with Gasteiger partial charge in [-0.1, -0.05) is 12.1 Å². The minimum Gasteiger partial charge on any atom is -0.491 e. The van der Waals surface area contributed by atoms with Gasteiger partial charge in [-0.3, -0.25) is 14.5 Å². The minimum absolute atomic E-state index is 0.0972. The molecule has 144 valence electrons. The van der Waals surface area contributed by atoms with Crippen LogP contribution in [0.3, 0.4) is 0 Å². The van der Waals surface area contributed by atoms with Crippen molar-refractivity contribution in [1.29, 1.82) is 0 Å². The number of thiazole rings is 1. The van der Waals surface area contributed by atoms with Gasteiger partial charge in [-0.15, -0.1) is 11.3 Å². The molecule has 1 aliphatic rings. The standard InChI is InChI=1S/C19H23N3O4S/c1-25-9-10-26-16-6-4-14(5-7-16)12-20-17(23)11-15-13-27-19(21-15)22-8-2-3-18(22)24/h4-7,13H,2-3,8-12H2,1H3,(H,20,23). The van der Waals surface area contributed by atoms with Crippen LogP contribution in [0.5, 0.6) is 5.75 Å². The van der Waals surface area contributed by atoms with Gasteiger partial charge in [0, 0.05) is 32.0 Å². The first-order valence-electron chi connectivity index (χ1n) is 8.88. The van der Waals surface area contributed by atoms with E-state index in [-0.39, 0.29) is 18.2 Å². The van der Waals surface area contributed by atoms with Crippen molar-refractivity contribution in [3.8, 4) is 5.75 Å². The van der Waals surface area contributed by atoms with Gasteiger partial charge in [-0.2, -0.15) is 0 Å². The first-order valence-corrected chi connectivity index (χ1v) is 9.76. The fourth-order valence-corrected chi connectivity index (χ4v) is 3.59. The number of hydrogen-bond donors (Lipinski definition) is 1. The summed E-state index contributed by atoms with van der Waals surface area (Å²) in [5.74, 6) is 0.781. The number of hydrogen-bond acceptors (Lipinski definition) is 6. The van der Waals surface area contributed by atoms with E-state index in [1.807, 2.05) is 29.6 Å². The number of nitrogens with zero attached hydrogens (tertiary/aromatic N) is 2. The fraction of sp³-hybridized carbons (Fsp3) is 0.421. The van der Waals surface area contributed by atoms with Crippen LogP contribution in [0.15, 0.2) is 29.6 Å². The van der Waals surface area contributed by atoms with Gasteiger partial charge in [0.2, 0.25) is 11.8 Å². The third-order valence-corrected chi connectivity index (χ3v) is 5.07. The van der Waals surface area contributed by atoms with Crippen molar-refractivity contribution in [2.24, 2.45) is 0 Å². The number of amides is 2. The molecule has 2 amide bonds. The average molecular weight is 389 g/mol. The highest BCUT2D eigenvalue weighted by molar-refractivity contribution is 7.14. The van der Waals surface area contributed by atoms with Crippen LogP contribution in [0.4, 0.5) is 5.13 Å². The highest BCUT2D eigenvalue weighted by atomic mass is 32.1. The Bertz CT molecular complexity index is 776. The van der Waals surface area contributed by atoms with Crippen LogP contribution in [0.1, 0.15) is 24.1 Å². The number of nitrogens with one attached hydrogen (secondary N) is 1. The zero-order chi connectivity index (χ0) is 19.1. The third kappa shape index (κ3) is 5.51. The van der Waals surface area contributed by atoms with Crippen LogP contribution in [0.25, 0.3) is 0 Å². The summed E-state index contributed by atoms with van der Waals surface area (Å²) >= 11 is 1.41. The van der Waals surface area contributed by atoms with Gasteiger partial charge < -0.3 is 14.8 Å². The molecular formula is C19H23N3O4S. The smallest absolute Gasteiger partial charge is 0.228 e. The molecule has 0 saturated carbocycles. The molecular weight excluding hydrogens is 366 g/mol. The molecule has 0 bridgehead atoms. The predicted molar refractivity (Wildman–Crippen MR) is 103 cm³/mol. The van der Waals surface area contributed by atoms with E-state index in [9.17, 15) is 9.59 Å². The SMILES string of the molecule is COCCOc1ccc(CNC(=O)Cc2csc(N3CCCC3=O)n2)cc1. The van der Waals surface area contributed by atoms with Crippen LogP contribution in [0, 0.1) is 0 Å². The van der Waals surface area contributed by atoms with Crippen LogP contribution in [-0.2, 0) is 27.3 Å². The predicted octanol–water partition coefficient (Wildman–Crippen LogP) is 2.15. The first-order chi connectivity index (χ1) is 13.2. The van der Waals surface area contributed by atoms with Crippen molar-refractivity contribution in [1.82, 2.24) is 10.3 Å². The van der Waals surface area contributed by atoms with E-state index in [0.717, 1.165) is 17.7 Å². The first kappa shape index (κ1) is 19.3. The second-order valence-corrected chi connectivity index (χ2v) is 7.05. The molecule has 1 aromatic heterocycles. The molecule has 0 spiro atoms. The largest absolute Gasteiger partial charge is 0.491 e. The number of carbonyl (C=O) groups excluding carboxylic acids is 2. The molecule has 2 heterocycles. The maximum absolute atomic E-state index is 12.2. The second-order valence-electron chi connectivity index (χ2n) is 6.21. The summed E-state index contributed by atoms with van der Waals surface area (Å²) in [6, 6.07) is 7.58. The second kappa shape index (κ2) is 9.48. The Kier molecular flexibility index (Phi) is 6.78. The third-order valence-electron chi connectivity index (χ3n) is 4.15. The fourth-order valence-electron chi connectivity index (χ4n) is 2.73. The van der Waals surface area contributed by atoms with Crippen LogP contribution < -0.4 is 15.0 Å². The van der Waals surface area contributed by atoms with E-state index in [1.54, 1.807) is 12.0 Å². The summed E-state index contributed by atoms with van der Waals surface area (Å²) in [7, 11) is 1.63. The number of carbonyl (C=O) groups is 2. The van der Waals surface area contributed by atoms with Gasteiger partial charge in [-0.05, 0) is 24.1 Å². The number of ether oxygens (including phenoxy) is 2. The van der Waals surface area contributed by atoms with Crippen LogP contribution >= 0.6 is 11.3 Å². The number of rotatable bonds is 9. The van der Waals surface area contributed by atoms with E-state index >= 15 is 0 Å². The molecule has 1 aliphatic heterocycles. The van der Waals surface area contributed by atoms with E-state index in [1.165, 1.54) is 11.3 Å². The van der Waals surface area contributed by atoms with Crippen molar-refractivity contribution in [3.63, 3.8) is 0 Å². The minimum atomic E-state index is -0.0972. The number of aromatic nitrogens is 1. The lowest BCUT2D eigenvalue weighted by atomic mass is 10.2. The van der Waals surface area contributed by atoms with E-state index in [0.29, 0.717) is 43.5 Å². The summed E-state index contributed by atoms with van der Waals surface area (Å²) in [6.45, 7) is 2.20. The number of anilines is 1. The molecule has 2 aromatic rings. The molecule has 1 fully saturated rings. The van der Waals surface area contributed by atoms with Crippen molar-refractivity contribution >= 4 is 28.3 Å². The Morgan fingerprint density at radius 3 is 2.81 bits per heavy atom. The molecule has 1 N–H and O–H groups in total. The summed E-state index contributed by atoms with van der Waals surface area (Å²) in [5.41, 5.74) is 1.68. The lowest BCUT2D eigenvalue weighted by Crippen LogP contribution is -2.25. The summed E-state index contributed by atoms with van der Waals surface area (Å²) in [5, 5.41) is 5.42. The molecule has 0 atom stereocenters. The summed E-state index contributed by atoms with van der Waals surface area (Å²) < 4.78 is 10.5. The lowest BCUT2D eigenvalue weighted by Gasteiger charge is -2.10. The number of benzene rings is 1. The van der Waals surface area contributed by atoms with Crippen molar-refractivity contribution in [2.45, 2.75) is 25.8 Å². The summed E-state index contributed by atoms with van der Waals surface area (Å²) in [6.07, 6.45) is 1.65. The molecule has 0 radical (unpaired) electrons. The summed E-state index contributed by atoms with van der Waals surface area (Å²) in [4.78, 5) is 30.0. The van der Waals surface area contributed by atoms with Gasteiger partial charge in [0.25, 0.3) is 0 Å². The zero-order valence-electron chi connectivity index (χ0n) is 15.3. The van der Waals surface area contributed by atoms with Gasteiger partial charge >= 0.3 is 0 Å². The van der Waals surface area contributed by atoms with Crippen molar-refractivity contribution < 1.29 is 19.1 Å². The van der Waals surface area contributed by atoms with Crippen molar-refractivity contribution in [3.05, 3.63) is 40.9 Å². The molecule has 8 heteroatoms. The molecule has 7 nitrogen and oxygen atoms in total. The normalized spacial score (nSPS) is 13.8. The maximum Gasteiger partial charge on any atom is 0.228 e. The van der Waals surface area contributed by atoms with E-state index in [4.69, 9.17) is 9.47 Å². The highest BCUT2D eigenvalue weighted by Gasteiger charge is 2.24. The average Bonchev–Trinajstić information content (AvgIpc) is 3.30. The molecule has 0 aliphatic carbocycles. The zero-order valence-corrected chi connectivity index (χ0v) is 16.1. The Balaban J connectivity index is 1.44. The Labute approximate surface area is 162 Å². The van der Waals surface area contributed by atoms with Crippen LogP contribution in [-0.4, -0.2) is 43.7 Å². The topological polar surface area (TPSA) is 80.8 Å². The molecule has 0 unspecified atom stereocenters. The molecule has 27 heavy (non-hydrogen) atoms. The molecule has 3 rings (SSSR count). The monoisotopic (exact) mass is 389 g/mol. The Hall–Kier alpha value is -2.45. The quantitative estimate of drug-likeness (QED) is 0.665.